The first kappa shape index (κ1) is 11.3. The van der Waals surface area contributed by atoms with E-state index in [-0.39, 0.29) is 23.2 Å². The Hall–Kier alpha value is -2.16. The minimum Gasteiger partial charge on any atom is -0.508 e. The Morgan fingerprint density at radius 1 is 0.824 bits per heavy atom. The number of hydrogen-bond donors (Lipinski definition) is 3. The third-order valence-electron chi connectivity index (χ3n) is 2.88. The second kappa shape index (κ2) is 4.37. The molecule has 1 atom stereocenters. The van der Waals surface area contributed by atoms with Gasteiger partial charge in [-0.25, -0.2) is 0 Å². The highest BCUT2D eigenvalue weighted by atomic mass is 16.3. The second-order valence-corrected chi connectivity index (χ2v) is 4.02. The van der Waals surface area contributed by atoms with E-state index >= 15 is 0 Å². The van der Waals surface area contributed by atoms with Crippen LogP contribution in [0.2, 0.25) is 0 Å². The maximum absolute atomic E-state index is 9.77. The van der Waals surface area contributed by atoms with Crippen molar-refractivity contribution in [2.24, 2.45) is 0 Å². The molecule has 0 bridgehead atoms. The lowest BCUT2D eigenvalue weighted by Crippen LogP contribution is -1.96. The number of phenolic OH excluding ortho intramolecular Hbond substituents is 3. The fourth-order valence-electron chi connectivity index (χ4n) is 1.92. The highest BCUT2D eigenvalue weighted by molar-refractivity contribution is 5.47. The van der Waals surface area contributed by atoms with Crippen molar-refractivity contribution < 1.29 is 15.3 Å². The summed E-state index contributed by atoms with van der Waals surface area (Å²) < 4.78 is 0. The van der Waals surface area contributed by atoms with Crippen molar-refractivity contribution in [2.45, 2.75) is 12.8 Å². The van der Waals surface area contributed by atoms with Gasteiger partial charge in [-0.05, 0) is 12.1 Å². The van der Waals surface area contributed by atoms with Crippen LogP contribution >= 0.6 is 0 Å². The molecule has 0 aliphatic carbocycles. The van der Waals surface area contributed by atoms with Crippen LogP contribution in [-0.2, 0) is 0 Å². The van der Waals surface area contributed by atoms with Crippen LogP contribution in [0.3, 0.4) is 0 Å². The topological polar surface area (TPSA) is 60.7 Å². The van der Waals surface area contributed by atoms with E-state index in [1.54, 1.807) is 18.2 Å². The number of phenols is 3. The summed E-state index contributed by atoms with van der Waals surface area (Å²) in [7, 11) is 0. The van der Waals surface area contributed by atoms with Crippen molar-refractivity contribution in [3.05, 3.63) is 53.6 Å². The SMILES string of the molecule is CC(c1ccccc1O)c1ccc(O)cc1O. The first-order chi connectivity index (χ1) is 8.09. The summed E-state index contributed by atoms with van der Waals surface area (Å²) >= 11 is 0. The average Bonchev–Trinajstić information content (AvgIpc) is 2.29. The van der Waals surface area contributed by atoms with E-state index in [0.717, 1.165) is 5.56 Å². The largest absolute Gasteiger partial charge is 0.508 e. The Morgan fingerprint density at radius 2 is 1.47 bits per heavy atom. The molecule has 0 aromatic heterocycles. The normalized spacial score (nSPS) is 12.3. The molecule has 1 unspecified atom stereocenters. The fraction of sp³-hybridized carbons (Fsp3) is 0.143. The molecular weight excluding hydrogens is 216 g/mol. The molecule has 0 spiro atoms. The van der Waals surface area contributed by atoms with Crippen molar-refractivity contribution in [3.8, 4) is 17.2 Å². The van der Waals surface area contributed by atoms with Gasteiger partial charge in [-0.3, -0.25) is 0 Å². The van der Waals surface area contributed by atoms with Gasteiger partial charge in [-0.15, -0.1) is 0 Å². The zero-order chi connectivity index (χ0) is 12.4. The van der Waals surface area contributed by atoms with Gasteiger partial charge in [0, 0.05) is 23.1 Å². The highest BCUT2D eigenvalue weighted by Crippen LogP contribution is 2.36. The molecule has 3 N–H and O–H groups in total. The smallest absolute Gasteiger partial charge is 0.123 e. The van der Waals surface area contributed by atoms with Crippen molar-refractivity contribution in [1.29, 1.82) is 0 Å². The molecule has 3 nitrogen and oxygen atoms in total. The van der Waals surface area contributed by atoms with Crippen LogP contribution in [0.25, 0.3) is 0 Å². The maximum atomic E-state index is 9.77. The van der Waals surface area contributed by atoms with Crippen LogP contribution in [0.15, 0.2) is 42.5 Å². The third kappa shape index (κ3) is 2.18. The lowest BCUT2D eigenvalue weighted by molar-refractivity contribution is 0.442. The molecule has 2 aromatic rings. The van der Waals surface area contributed by atoms with Crippen molar-refractivity contribution in [3.63, 3.8) is 0 Å². The molecule has 0 heterocycles. The molecule has 3 heteroatoms. The number of aromatic hydroxyl groups is 3. The number of hydrogen-bond acceptors (Lipinski definition) is 3. The van der Waals surface area contributed by atoms with Gasteiger partial charge in [0.25, 0.3) is 0 Å². The minimum absolute atomic E-state index is 0.0238. The van der Waals surface area contributed by atoms with Gasteiger partial charge in [0.1, 0.15) is 17.2 Å². The first-order valence-electron chi connectivity index (χ1n) is 5.39. The van der Waals surface area contributed by atoms with Crippen LogP contribution in [0.1, 0.15) is 24.0 Å². The molecule has 17 heavy (non-hydrogen) atoms. The van der Waals surface area contributed by atoms with E-state index in [1.807, 2.05) is 19.1 Å². The number of benzene rings is 2. The van der Waals surface area contributed by atoms with Crippen molar-refractivity contribution >= 4 is 0 Å². The quantitative estimate of drug-likeness (QED) is 0.743. The van der Waals surface area contributed by atoms with Crippen LogP contribution in [-0.4, -0.2) is 15.3 Å². The Balaban J connectivity index is 2.44. The Bertz CT molecular complexity index is 535. The van der Waals surface area contributed by atoms with Crippen LogP contribution < -0.4 is 0 Å². The summed E-state index contributed by atoms with van der Waals surface area (Å²) in [4.78, 5) is 0. The van der Waals surface area contributed by atoms with Crippen molar-refractivity contribution in [2.75, 3.05) is 0 Å². The predicted molar refractivity (Wildman–Crippen MR) is 65.4 cm³/mol. The van der Waals surface area contributed by atoms with E-state index in [4.69, 9.17) is 0 Å². The van der Waals surface area contributed by atoms with E-state index in [2.05, 4.69) is 0 Å². The van der Waals surface area contributed by atoms with Gasteiger partial charge >= 0.3 is 0 Å². The predicted octanol–water partition coefficient (Wildman–Crippen LogP) is 2.96. The summed E-state index contributed by atoms with van der Waals surface area (Å²) in [6.45, 7) is 1.89. The first-order valence-corrected chi connectivity index (χ1v) is 5.39. The summed E-state index contributed by atoms with van der Waals surface area (Å²) in [5.74, 6) is 0.112. The molecule has 0 fully saturated rings. The van der Waals surface area contributed by atoms with E-state index in [0.29, 0.717) is 5.56 Å². The summed E-state index contributed by atoms with van der Waals surface area (Å²) in [5.41, 5.74) is 1.41. The third-order valence-corrected chi connectivity index (χ3v) is 2.88. The van der Waals surface area contributed by atoms with E-state index in [1.165, 1.54) is 12.1 Å². The minimum atomic E-state index is -0.142. The molecule has 2 aromatic carbocycles. The van der Waals surface area contributed by atoms with Gasteiger partial charge < -0.3 is 15.3 Å². The van der Waals surface area contributed by atoms with Gasteiger partial charge in [0.2, 0.25) is 0 Å². The Kier molecular flexibility index (Phi) is 2.91. The molecule has 2 rings (SSSR count). The molecule has 0 saturated heterocycles. The molecular formula is C14H14O3. The molecule has 0 saturated carbocycles. The Morgan fingerprint density at radius 3 is 2.12 bits per heavy atom. The summed E-state index contributed by atoms with van der Waals surface area (Å²) in [6.07, 6.45) is 0. The van der Waals surface area contributed by atoms with Crippen LogP contribution in [0, 0.1) is 0 Å². The zero-order valence-electron chi connectivity index (χ0n) is 9.46. The molecule has 88 valence electrons. The standard InChI is InChI=1S/C14H14O3/c1-9(11-4-2-3-5-13(11)16)12-7-6-10(15)8-14(12)17/h2-9,15-17H,1H3. The zero-order valence-corrected chi connectivity index (χ0v) is 9.46. The monoisotopic (exact) mass is 230 g/mol. The number of para-hydroxylation sites is 1. The van der Waals surface area contributed by atoms with Crippen LogP contribution in [0.4, 0.5) is 0 Å². The average molecular weight is 230 g/mol. The summed E-state index contributed by atoms with van der Waals surface area (Å²) in [5, 5.41) is 28.8. The lowest BCUT2D eigenvalue weighted by atomic mass is 9.92. The van der Waals surface area contributed by atoms with Gasteiger partial charge in [0.15, 0.2) is 0 Å². The molecule has 0 aliphatic heterocycles. The van der Waals surface area contributed by atoms with E-state index in [9.17, 15) is 15.3 Å². The van der Waals surface area contributed by atoms with Gasteiger partial charge in [-0.2, -0.15) is 0 Å². The van der Waals surface area contributed by atoms with E-state index < -0.39 is 0 Å². The van der Waals surface area contributed by atoms with Crippen LogP contribution in [0.5, 0.6) is 17.2 Å². The Labute approximate surface area is 99.6 Å². The molecule has 0 aliphatic rings. The molecule has 0 radical (unpaired) electrons. The lowest BCUT2D eigenvalue weighted by Gasteiger charge is -2.15. The van der Waals surface area contributed by atoms with Gasteiger partial charge in [0.05, 0.1) is 0 Å². The highest BCUT2D eigenvalue weighted by Gasteiger charge is 2.15. The summed E-state index contributed by atoms with van der Waals surface area (Å²) in [6, 6.07) is 11.5. The number of rotatable bonds is 2. The maximum Gasteiger partial charge on any atom is 0.123 e. The van der Waals surface area contributed by atoms with Gasteiger partial charge in [-0.1, -0.05) is 31.2 Å². The second-order valence-electron chi connectivity index (χ2n) is 4.02. The molecule has 0 amide bonds. The van der Waals surface area contributed by atoms with Crippen molar-refractivity contribution in [1.82, 2.24) is 0 Å². The fourth-order valence-corrected chi connectivity index (χ4v) is 1.92.